The number of ether oxygens (including phenoxy) is 4. The van der Waals surface area contributed by atoms with Gasteiger partial charge in [0.25, 0.3) is 0 Å². The number of amides is 3. The van der Waals surface area contributed by atoms with Crippen LogP contribution in [0.25, 0.3) is 0 Å². The molecule has 3 N–H and O–H groups in total. The van der Waals surface area contributed by atoms with Crippen molar-refractivity contribution in [3.8, 4) is 17.2 Å². The number of Topliss-reactive ketones (excluding diaryl/α,β-unsaturated/α-hetero) is 5. The number of esters is 1. The predicted octanol–water partition coefficient (Wildman–Crippen LogP) is 15.9. The number of hydrogen-bond acceptors (Lipinski definition) is 17. The molecular weight excluding hydrogens is 1530 g/mol. The molecule has 0 unspecified atom stereocenters. The highest BCUT2D eigenvalue weighted by atomic mass is 32.2. The molecule has 6 aliphatic heterocycles. The van der Waals surface area contributed by atoms with Gasteiger partial charge in [0.2, 0.25) is 17.7 Å². The summed E-state index contributed by atoms with van der Waals surface area (Å²) >= 11 is 0. The minimum atomic E-state index is -3.94. The van der Waals surface area contributed by atoms with E-state index in [2.05, 4.69) is 22.9 Å². The summed E-state index contributed by atoms with van der Waals surface area (Å²) in [6, 6.07) is 38.3. The first-order valence-corrected chi connectivity index (χ1v) is 44.8. The Kier molecular flexibility index (Phi) is 38.9. The minimum absolute atomic E-state index is 0.00722. The van der Waals surface area contributed by atoms with Crippen LogP contribution < -0.4 is 30.2 Å². The van der Waals surface area contributed by atoms with Crippen molar-refractivity contribution in [2.75, 3.05) is 31.3 Å². The average molecular weight is 1660 g/mol. The van der Waals surface area contributed by atoms with Crippen LogP contribution in [0.2, 0.25) is 0 Å². The highest BCUT2D eigenvalue weighted by Gasteiger charge is 2.36. The maximum absolute atomic E-state index is 13.6. The lowest BCUT2D eigenvalue weighted by atomic mass is 9.87. The minimum Gasteiger partial charge on any atom is -0.494 e. The third kappa shape index (κ3) is 33.6. The smallest absolute Gasteiger partial charge is 0.306 e. The highest BCUT2D eigenvalue weighted by Crippen LogP contribution is 2.29. The number of benzene rings is 6. The molecule has 0 saturated heterocycles. The summed E-state index contributed by atoms with van der Waals surface area (Å²) in [6.45, 7) is 18.7. The SMILES string of the molecule is CC(=O)[C@@H]1CCCCCOc2ccc(cc2)C[C@H](CC(=O)OCc2ccccc2)C(=O)N[C@@H](CC(C)C)C(=O)C1.CC(=O)[C@@H]1CCCCOc2ccc(cc2)C[C@H](CS(=O)(=O)c2ccc(F)cc2)C(=O)N[C@@H](CC(C)C)C(=O)C1.CC[C@@H]1CCCCOc2ccc(cc2)C[C@H](CS(=O)(=O)c2ccc(F)cc2)C(=O)N[C@@H](CC(C)C)C(=O)C1. The van der Waals surface area contributed by atoms with Crippen molar-refractivity contribution in [3.63, 3.8) is 0 Å². The molecule has 636 valence electrons. The molecule has 3 amide bonds. The molecular formula is C93H121F2N3O17S2. The van der Waals surface area contributed by atoms with Crippen LogP contribution in [0.3, 0.4) is 0 Å². The van der Waals surface area contributed by atoms with E-state index in [1.807, 2.05) is 120 Å². The van der Waals surface area contributed by atoms with E-state index in [4.69, 9.17) is 18.9 Å². The zero-order chi connectivity index (χ0) is 85.2. The lowest BCUT2D eigenvalue weighted by molar-refractivity contribution is -0.148. The van der Waals surface area contributed by atoms with E-state index >= 15 is 0 Å². The number of sulfone groups is 2. The summed E-state index contributed by atoms with van der Waals surface area (Å²) in [4.78, 5) is 118. The second-order valence-corrected chi connectivity index (χ2v) is 36.9. The van der Waals surface area contributed by atoms with Crippen molar-refractivity contribution in [3.05, 3.63) is 186 Å². The average Bonchev–Trinajstić information content (AvgIpc) is 1.01. The maximum Gasteiger partial charge on any atom is 0.306 e. The van der Waals surface area contributed by atoms with E-state index in [1.54, 1.807) is 24.3 Å². The monoisotopic (exact) mass is 1650 g/mol. The van der Waals surface area contributed by atoms with Gasteiger partial charge in [0.15, 0.2) is 37.0 Å². The molecule has 6 heterocycles. The molecule has 20 nitrogen and oxygen atoms in total. The van der Waals surface area contributed by atoms with Crippen LogP contribution in [0.1, 0.15) is 200 Å². The molecule has 0 aromatic heterocycles. The Balaban J connectivity index is 0.000000243. The quantitative estimate of drug-likeness (QED) is 0.0501. The van der Waals surface area contributed by atoms with Crippen molar-refractivity contribution in [1.29, 1.82) is 0 Å². The van der Waals surface area contributed by atoms with E-state index in [9.17, 15) is 68.8 Å². The molecule has 6 aromatic rings. The van der Waals surface area contributed by atoms with Gasteiger partial charge in [-0.3, -0.25) is 43.2 Å². The highest BCUT2D eigenvalue weighted by molar-refractivity contribution is 7.91. The molecule has 24 heteroatoms. The molecule has 0 aliphatic carbocycles. The van der Waals surface area contributed by atoms with Crippen LogP contribution in [-0.4, -0.2) is 119 Å². The number of halogens is 2. The Hall–Kier alpha value is -9.29. The van der Waals surface area contributed by atoms with Gasteiger partial charge < -0.3 is 34.9 Å². The number of hydrogen-bond donors (Lipinski definition) is 3. The summed E-state index contributed by atoms with van der Waals surface area (Å²) in [5.74, 6) is -5.12. The third-order valence-corrected chi connectivity index (χ3v) is 25.1. The van der Waals surface area contributed by atoms with Gasteiger partial charge in [0, 0.05) is 31.1 Å². The molecule has 6 aromatic carbocycles. The zero-order valence-corrected chi connectivity index (χ0v) is 71.1. The first-order valence-electron chi connectivity index (χ1n) is 41.5. The summed E-state index contributed by atoms with van der Waals surface area (Å²) in [7, 11) is -7.84. The summed E-state index contributed by atoms with van der Waals surface area (Å²) < 4.78 is 103. The second kappa shape index (κ2) is 47.9. The topological polar surface area (TPSA) is 295 Å². The number of rotatable bonds is 19. The third-order valence-electron chi connectivity index (χ3n) is 21.5. The lowest BCUT2D eigenvalue weighted by Crippen LogP contribution is -2.46. The number of carbonyl (C=O) groups excluding carboxylic acids is 9. The van der Waals surface area contributed by atoms with Crippen molar-refractivity contribution in [1.82, 2.24) is 16.0 Å². The number of nitrogens with one attached hydrogen (secondary N) is 3. The van der Waals surface area contributed by atoms with Crippen LogP contribution in [0.4, 0.5) is 8.78 Å². The van der Waals surface area contributed by atoms with Gasteiger partial charge in [-0.1, -0.05) is 134 Å². The molecule has 12 rings (SSSR count). The van der Waals surface area contributed by atoms with Crippen LogP contribution in [0, 0.1) is 64.9 Å². The summed E-state index contributed by atoms with van der Waals surface area (Å²) in [5, 5.41) is 8.70. The van der Waals surface area contributed by atoms with E-state index in [1.165, 1.54) is 38.1 Å². The number of ketones is 5. The first-order chi connectivity index (χ1) is 55.7. The van der Waals surface area contributed by atoms with E-state index in [0.29, 0.717) is 70.5 Å². The van der Waals surface area contributed by atoms with Crippen molar-refractivity contribution >= 4 is 72.3 Å². The molecule has 6 bridgehead atoms. The van der Waals surface area contributed by atoms with Crippen molar-refractivity contribution in [2.45, 2.75) is 232 Å². The molecule has 0 radical (unpaired) electrons. The lowest BCUT2D eigenvalue weighted by Gasteiger charge is -2.25. The van der Waals surface area contributed by atoms with E-state index in [-0.39, 0.29) is 113 Å². The van der Waals surface area contributed by atoms with Crippen LogP contribution >= 0.6 is 0 Å². The van der Waals surface area contributed by atoms with Crippen molar-refractivity contribution in [2.24, 2.45) is 53.3 Å². The fraction of sp³-hybridized carbons (Fsp3) is 0.516. The zero-order valence-electron chi connectivity index (χ0n) is 69.5. The molecule has 6 aliphatic rings. The van der Waals surface area contributed by atoms with Gasteiger partial charge in [0.1, 0.15) is 47.1 Å². The van der Waals surface area contributed by atoms with Gasteiger partial charge in [-0.15, -0.1) is 0 Å². The van der Waals surface area contributed by atoms with Crippen LogP contribution in [0.15, 0.2) is 161 Å². The van der Waals surface area contributed by atoms with Gasteiger partial charge in [-0.2, -0.15) is 0 Å². The second-order valence-electron chi connectivity index (χ2n) is 32.8. The van der Waals surface area contributed by atoms with Crippen LogP contribution in [0.5, 0.6) is 17.2 Å². The largest absolute Gasteiger partial charge is 0.494 e. The van der Waals surface area contributed by atoms with Gasteiger partial charge in [-0.05, 0) is 235 Å². The molecule has 0 saturated carbocycles. The van der Waals surface area contributed by atoms with Crippen LogP contribution in [-0.2, 0) is 93.4 Å². The van der Waals surface area contributed by atoms with Crippen molar-refractivity contribution < 1.29 is 87.7 Å². The fourth-order valence-electron chi connectivity index (χ4n) is 14.6. The predicted molar refractivity (Wildman–Crippen MR) is 446 cm³/mol. The summed E-state index contributed by atoms with van der Waals surface area (Å²) in [5.41, 5.74) is 3.27. The maximum atomic E-state index is 13.6. The fourth-order valence-corrected chi connectivity index (χ4v) is 17.7. The Morgan fingerprint density at radius 1 is 0.427 bits per heavy atom. The van der Waals surface area contributed by atoms with E-state index in [0.717, 1.165) is 116 Å². The molecule has 9 atom stereocenters. The van der Waals surface area contributed by atoms with E-state index < -0.39 is 102 Å². The normalized spacial score (nSPS) is 21.6. The molecule has 0 spiro atoms. The Bertz CT molecular complexity index is 4410. The standard InChI is InChI=1S/C33H43NO6.C30H38FNO6S.C30H40FNO5S/c1-23(2)18-30-31(36)20-27(24(3)35)12-8-5-9-17-39-29-15-13-25(14-16-29)19-28(33(38)34-30)21-32(37)40-22-26-10-6-4-7-11-26;1-20(2)16-28-29(34)18-23(21(3)33)6-4-5-15-38-26-11-7-22(8-12-26)17-24(30(35)32-28)19-39(36,37)27-13-9-25(31)10-14-27;1-4-22-7-5-6-16-37-26-12-8-23(9-13-26)18-24(20-38(35,36)27-14-10-25(31)11-15-27)30(34)32-28(17-21(2)3)29(33)19-22/h4,6-7,10-11,13-16,23,27-28,30H,5,8-9,12,17-22H2,1-3H3,(H,34,38);7-14,20,23-24,28H,4-6,15-19H2,1-3H3,(H,32,35);8-15,21-22,24,28H,4-7,16-20H2,1-3H3,(H,32,34)/t27-,28-,30+;23-,24-,28+;22-,24-,28+/m111/s1. The number of fused-ring (bicyclic) bond motifs is 43. The van der Waals surface area contributed by atoms with Gasteiger partial charge in [-0.25, -0.2) is 25.6 Å². The first kappa shape index (κ1) is 94.9. The Labute approximate surface area is 691 Å². The molecule has 117 heavy (non-hydrogen) atoms. The Morgan fingerprint density at radius 2 is 0.769 bits per heavy atom. The van der Waals surface area contributed by atoms with Gasteiger partial charge in [0.05, 0.1) is 83.4 Å². The summed E-state index contributed by atoms with van der Waals surface area (Å²) in [6.07, 6.45) is 11.2. The number of carbonyl (C=O) groups is 9. The van der Waals surface area contributed by atoms with Gasteiger partial charge >= 0.3 is 5.97 Å². The molecule has 0 fully saturated rings. The Morgan fingerprint density at radius 3 is 1.14 bits per heavy atom.